The van der Waals surface area contributed by atoms with E-state index in [1.807, 2.05) is 79.0 Å². The smallest absolute Gasteiger partial charge is 0.226 e. The molecule has 8 heteroatoms. The highest BCUT2D eigenvalue weighted by atomic mass is 32.1. The van der Waals surface area contributed by atoms with Crippen LogP contribution in [0.3, 0.4) is 0 Å². The lowest BCUT2D eigenvalue weighted by molar-refractivity contribution is -0.116. The Bertz CT molecular complexity index is 1420. The second kappa shape index (κ2) is 11.5. The summed E-state index contributed by atoms with van der Waals surface area (Å²) in [5.74, 6) is 0.724. The van der Waals surface area contributed by atoms with Crippen LogP contribution in [-0.2, 0) is 11.2 Å². The number of anilines is 1. The third-order valence-electron chi connectivity index (χ3n) is 6.88. The van der Waals surface area contributed by atoms with Crippen LogP contribution in [0.15, 0.2) is 91.3 Å². The molecule has 2 aromatic heterocycles. The number of carbonyl (C=O) groups is 1. The average molecular weight is 526 g/mol. The monoisotopic (exact) mass is 525 g/mol. The fourth-order valence-electron chi connectivity index (χ4n) is 5.04. The fourth-order valence-corrected chi connectivity index (χ4v) is 5.37. The number of benzene rings is 2. The molecular weight excluding hydrogens is 494 g/mol. The molecule has 1 saturated heterocycles. The van der Waals surface area contributed by atoms with Gasteiger partial charge in [-0.15, -0.1) is 0 Å². The Hall–Kier alpha value is -4.17. The molecule has 7 nitrogen and oxygen atoms in total. The zero-order chi connectivity index (χ0) is 26.5. The summed E-state index contributed by atoms with van der Waals surface area (Å²) >= 11 is 5.82. The molecule has 2 unspecified atom stereocenters. The Labute approximate surface area is 228 Å². The average Bonchev–Trinajstić information content (AvgIpc) is 3.56. The van der Waals surface area contributed by atoms with Crippen LogP contribution in [-0.4, -0.2) is 39.1 Å². The van der Waals surface area contributed by atoms with Gasteiger partial charge in [0.1, 0.15) is 5.75 Å². The maximum absolute atomic E-state index is 13.0. The van der Waals surface area contributed by atoms with Crippen molar-refractivity contribution in [2.24, 2.45) is 0 Å². The summed E-state index contributed by atoms with van der Waals surface area (Å²) in [6.07, 6.45) is 4.96. The van der Waals surface area contributed by atoms with Crippen molar-refractivity contribution >= 4 is 28.9 Å². The molecule has 2 aromatic carbocycles. The van der Waals surface area contributed by atoms with E-state index >= 15 is 0 Å². The summed E-state index contributed by atoms with van der Waals surface area (Å²) < 4.78 is 7.78. The largest absolute Gasteiger partial charge is 0.495 e. The number of thiocarbonyl (C=S) groups is 1. The van der Waals surface area contributed by atoms with Gasteiger partial charge in [0, 0.05) is 36.7 Å². The minimum atomic E-state index is -0.187. The lowest BCUT2D eigenvalue weighted by atomic mass is 10.0. The van der Waals surface area contributed by atoms with Gasteiger partial charge in [0.25, 0.3) is 0 Å². The van der Waals surface area contributed by atoms with Gasteiger partial charge in [0.05, 0.1) is 30.6 Å². The molecule has 2 atom stereocenters. The summed E-state index contributed by atoms with van der Waals surface area (Å²) in [6, 6.07) is 25.4. The Balaban J connectivity index is 1.46. The molecule has 1 aliphatic heterocycles. The van der Waals surface area contributed by atoms with Crippen molar-refractivity contribution in [3.8, 4) is 11.4 Å². The van der Waals surface area contributed by atoms with Crippen molar-refractivity contribution in [2.75, 3.05) is 19.0 Å². The van der Waals surface area contributed by atoms with Crippen LogP contribution in [0.5, 0.6) is 5.75 Å². The molecule has 0 bridgehead atoms. The lowest BCUT2D eigenvalue weighted by Gasteiger charge is -2.29. The molecule has 194 valence electrons. The highest BCUT2D eigenvalue weighted by molar-refractivity contribution is 7.80. The lowest BCUT2D eigenvalue weighted by Crippen LogP contribution is -2.33. The Kier molecular flexibility index (Phi) is 7.70. The zero-order valence-electron chi connectivity index (χ0n) is 21.5. The van der Waals surface area contributed by atoms with Gasteiger partial charge in [-0.05, 0) is 66.7 Å². The first kappa shape index (κ1) is 25.5. The van der Waals surface area contributed by atoms with E-state index in [9.17, 15) is 4.79 Å². The summed E-state index contributed by atoms with van der Waals surface area (Å²) in [6.45, 7) is 2.54. The van der Waals surface area contributed by atoms with Crippen LogP contribution in [0, 0.1) is 0 Å². The van der Waals surface area contributed by atoms with Crippen LogP contribution < -0.4 is 15.4 Å². The molecular formula is C30H31N5O2S. The number of methoxy groups -OCH3 is 1. The number of pyridine rings is 1. The van der Waals surface area contributed by atoms with E-state index in [0.717, 1.165) is 40.5 Å². The molecule has 1 amide bonds. The normalized spacial score (nSPS) is 16.8. The molecule has 0 saturated carbocycles. The Morgan fingerprint density at radius 1 is 1.05 bits per heavy atom. The van der Waals surface area contributed by atoms with Crippen molar-refractivity contribution < 1.29 is 9.53 Å². The Morgan fingerprint density at radius 3 is 2.63 bits per heavy atom. The number of rotatable bonds is 9. The molecule has 0 radical (unpaired) electrons. The second-order valence-corrected chi connectivity index (χ2v) is 9.49. The SMILES string of the molecule is CCc1ccccc1NC(=O)CCN1C(=S)NC(c2ccccn2)C1c1cccn1-c1ccccc1OC. The molecule has 4 aromatic rings. The number of nitrogens with one attached hydrogen (secondary N) is 2. The minimum absolute atomic E-state index is 0.0474. The van der Waals surface area contributed by atoms with E-state index < -0.39 is 0 Å². The van der Waals surface area contributed by atoms with E-state index in [4.69, 9.17) is 17.0 Å². The van der Waals surface area contributed by atoms with Crippen LogP contribution in [0.25, 0.3) is 5.69 Å². The fraction of sp³-hybridized carbons (Fsp3) is 0.233. The number of para-hydroxylation sites is 3. The van der Waals surface area contributed by atoms with Gasteiger partial charge in [-0.3, -0.25) is 9.78 Å². The molecule has 0 aliphatic carbocycles. The predicted octanol–water partition coefficient (Wildman–Crippen LogP) is 5.44. The van der Waals surface area contributed by atoms with Crippen LogP contribution in [0.2, 0.25) is 0 Å². The van der Waals surface area contributed by atoms with Gasteiger partial charge in [-0.25, -0.2) is 0 Å². The molecule has 2 N–H and O–H groups in total. The maximum atomic E-state index is 13.0. The first-order chi connectivity index (χ1) is 18.6. The summed E-state index contributed by atoms with van der Waals surface area (Å²) in [4.78, 5) is 19.8. The third-order valence-corrected chi connectivity index (χ3v) is 7.23. The maximum Gasteiger partial charge on any atom is 0.226 e. The summed E-state index contributed by atoms with van der Waals surface area (Å²) in [5.41, 5.74) is 4.81. The van der Waals surface area contributed by atoms with Gasteiger partial charge in [-0.2, -0.15) is 0 Å². The highest BCUT2D eigenvalue weighted by Gasteiger charge is 2.41. The molecule has 1 aliphatic rings. The standard InChI is InChI=1S/C30H31N5O2S/c1-3-21-11-4-5-12-22(21)32-27(36)17-20-35-29(28(33-30(35)38)23-13-8-9-18-31-23)25-15-10-19-34(25)24-14-6-7-16-26(24)37-2/h4-16,18-19,28-29H,3,17,20H2,1-2H3,(H,32,36)(H,33,38). The molecule has 1 fully saturated rings. The van der Waals surface area contributed by atoms with Gasteiger partial charge in [-0.1, -0.05) is 43.3 Å². The van der Waals surface area contributed by atoms with Crippen molar-refractivity contribution in [3.63, 3.8) is 0 Å². The van der Waals surface area contributed by atoms with Gasteiger partial charge >= 0.3 is 0 Å². The summed E-state index contributed by atoms with van der Waals surface area (Å²) in [7, 11) is 1.67. The number of ether oxygens (including phenoxy) is 1. The molecule has 3 heterocycles. The predicted molar refractivity (Wildman–Crippen MR) is 154 cm³/mol. The number of hydrogen-bond donors (Lipinski definition) is 2. The van der Waals surface area contributed by atoms with E-state index in [1.165, 1.54) is 0 Å². The van der Waals surface area contributed by atoms with Crippen molar-refractivity contribution in [3.05, 3.63) is 108 Å². The van der Waals surface area contributed by atoms with Gasteiger partial charge in [0.15, 0.2) is 5.11 Å². The zero-order valence-corrected chi connectivity index (χ0v) is 22.3. The quantitative estimate of drug-likeness (QED) is 0.284. The van der Waals surface area contributed by atoms with Crippen molar-refractivity contribution in [2.45, 2.75) is 31.8 Å². The third kappa shape index (κ3) is 5.13. The number of aryl methyl sites for hydroxylation is 1. The second-order valence-electron chi connectivity index (χ2n) is 9.10. The first-order valence-electron chi connectivity index (χ1n) is 12.8. The number of aromatic nitrogens is 2. The van der Waals surface area contributed by atoms with E-state index in [-0.39, 0.29) is 18.0 Å². The number of amides is 1. The molecule has 38 heavy (non-hydrogen) atoms. The number of hydrogen-bond acceptors (Lipinski definition) is 4. The van der Waals surface area contributed by atoms with E-state index in [1.54, 1.807) is 13.3 Å². The minimum Gasteiger partial charge on any atom is -0.495 e. The van der Waals surface area contributed by atoms with Crippen LogP contribution in [0.1, 0.15) is 42.4 Å². The number of nitrogens with zero attached hydrogens (tertiary/aromatic N) is 3. The number of carbonyl (C=O) groups excluding carboxylic acids is 1. The molecule has 0 spiro atoms. The van der Waals surface area contributed by atoms with Crippen molar-refractivity contribution in [1.82, 2.24) is 19.8 Å². The van der Waals surface area contributed by atoms with Crippen LogP contribution >= 0.6 is 12.2 Å². The topological polar surface area (TPSA) is 71.4 Å². The van der Waals surface area contributed by atoms with E-state index in [0.29, 0.717) is 18.1 Å². The van der Waals surface area contributed by atoms with Crippen LogP contribution in [0.4, 0.5) is 5.69 Å². The first-order valence-corrected chi connectivity index (χ1v) is 13.2. The summed E-state index contributed by atoms with van der Waals surface area (Å²) in [5, 5.41) is 7.16. The van der Waals surface area contributed by atoms with Gasteiger partial charge < -0.3 is 24.8 Å². The van der Waals surface area contributed by atoms with Gasteiger partial charge in [0.2, 0.25) is 5.91 Å². The van der Waals surface area contributed by atoms with E-state index in [2.05, 4.69) is 38.1 Å². The Morgan fingerprint density at radius 2 is 1.84 bits per heavy atom. The highest BCUT2D eigenvalue weighted by Crippen LogP contribution is 2.40. The molecule has 5 rings (SSSR count). The van der Waals surface area contributed by atoms with Crippen molar-refractivity contribution in [1.29, 1.82) is 0 Å².